The molecular weight excluding hydrogens is 128 g/mol. The van der Waals surface area contributed by atoms with Crippen LogP contribution in [-0.2, 0) is 4.74 Å². The predicted molar refractivity (Wildman–Crippen MR) is 30.5 cm³/mol. The Morgan fingerprint density at radius 1 is 1.56 bits per heavy atom. The lowest BCUT2D eigenvalue weighted by Gasteiger charge is -2.11. The highest BCUT2D eigenvalue weighted by molar-refractivity contribution is 4.65. The number of hydrogen-bond acceptors (Lipinski definition) is 2. The number of methoxy groups -OCH3 is 1. The minimum atomic E-state index is -2.75. The molecule has 0 aliphatic carbocycles. The van der Waals surface area contributed by atoms with Gasteiger partial charge in [0.2, 0.25) is 0 Å². The summed E-state index contributed by atoms with van der Waals surface area (Å²) in [4.78, 5) is 0. The van der Waals surface area contributed by atoms with Crippen LogP contribution in [0.2, 0.25) is 0 Å². The second-order valence-electron chi connectivity index (χ2n) is 1.80. The van der Waals surface area contributed by atoms with Crippen LogP contribution in [0.25, 0.3) is 0 Å². The maximum absolute atomic E-state index is 12.1. The summed E-state index contributed by atoms with van der Waals surface area (Å²) >= 11 is 0. The van der Waals surface area contributed by atoms with Crippen LogP contribution in [0.4, 0.5) is 8.78 Å². The molecule has 56 valence electrons. The van der Waals surface area contributed by atoms with E-state index >= 15 is 0 Å². The van der Waals surface area contributed by atoms with E-state index in [0.717, 1.165) is 0 Å². The molecule has 4 heteroatoms. The SMILES string of the molecule is COCCC(F)(F)CN. The van der Waals surface area contributed by atoms with Crippen molar-refractivity contribution in [3.05, 3.63) is 0 Å². The first kappa shape index (κ1) is 8.78. The Labute approximate surface area is 53.0 Å². The molecule has 0 aromatic rings. The molecule has 0 rings (SSSR count). The van der Waals surface area contributed by atoms with Crippen molar-refractivity contribution in [1.29, 1.82) is 0 Å². The molecule has 0 aliphatic rings. The lowest BCUT2D eigenvalue weighted by Crippen LogP contribution is -2.28. The normalized spacial score (nSPS) is 12.0. The lowest BCUT2D eigenvalue weighted by molar-refractivity contribution is -0.0181. The summed E-state index contributed by atoms with van der Waals surface area (Å²) in [6, 6.07) is 0. The van der Waals surface area contributed by atoms with E-state index in [2.05, 4.69) is 4.74 Å². The molecule has 0 atom stereocenters. The molecular formula is C5H11F2NO. The van der Waals surface area contributed by atoms with Gasteiger partial charge in [-0.1, -0.05) is 0 Å². The number of ether oxygens (including phenoxy) is 1. The molecule has 0 amide bonds. The molecule has 0 bridgehead atoms. The first-order valence-electron chi connectivity index (χ1n) is 2.69. The molecule has 0 aliphatic heterocycles. The number of nitrogens with two attached hydrogens (primary N) is 1. The van der Waals surface area contributed by atoms with Crippen LogP contribution in [0.3, 0.4) is 0 Å². The minimum absolute atomic E-state index is 0.0597. The van der Waals surface area contributed by atoms with E-state index in [1.54, 1.807) is 0 Å². The Kier molecular flexibility index (Phi) is 3.65. The number of hydrogen-bond donors (Lipinski definition) is 1. The summed E-state index contributed by atoms with van der Waals surface area (Å²) < 4.78 is 28.7. The molecule has 0 fully saturated rings. The summed E-state index contributed by atoms with van der Waals surface area (Å²) in [6.45, 7) is -0.541. The van der Waals surface area contributed by atoms with Gasteiger partial charge >= 0.3 is 0 Å². The average Bonchev–Trinajstić information content (AvgIpc) is 1.84. The summed E-state index contributed by atoms with van der Waals surface area (Å²) in [5.74, 6) is -2.75. The second-order valence-corrected chi connectivity index (χ2v) is 1.80. The van der Waals surface area contributed by atoms with Gasteiger partial charge < -0.3 is 10.5 Å². The molecule has 2 nitrogen and oxygen atoms in total. The van der Waals surface area contributed by atoms with Crippen LogP contribution in [0.1, 0.15) is 6.42 Å². The van der Waals surface area contributed by atoms with Crippen LogP contribution in [-0.4, -0.2) is 26.2 Å². The average molecular weight is 139 g/mol. The number of alkyl halides is 2. The van der Waals surface area contributed by atoms with E-state index in [9.17, 15) is 8.78 Å². The zero-order chi connectivity index (χ0) is 7.33. The van der Waals surface area contributed by atoms with Crippen molar-refractivity contribution in [2.45, 2.75) is 12.3 Å². The van der Waals surface area contributed by atoms with Gasteiger partial charge in [-0.2, -0.15) is 0 Å². The molecule has 0 unspecified atom stereocenters. The zero-order valence-corrected chi connectivity index (χ0v) is 5.36. The van der Waals surface area contributed by atoms with E-state index in [0.29, 0.717) is 0 Å². The maximum atomic E-state index is 12.1. The highest BCUT2D eigenvalue weighted by Gasteiger charge is 2.25. The second kappa shape index (κ2) is 3.74. The van der Waals surface area contributed by atoms with Gasteiger partial charge in [0.15, 0.2) is 0 Å². The van der Waals surface area contributed by atoms with Crippen molar-refractivity contribution < 1.29 is 13.5 Å². The van der Waals surface area contributed by atoms with Crippen molar-refractivity contribution >= 4 is 0 Å². The Morgan fingerprint density at radius 2 is 2.11 bits per heavy atom. The fourth-order valence-electron chi connectivity index (χ4n) is 0.353. The quantitative estimate of drug-likeness (QED) is 0.619. The Bertz CT molecular complexity index is 77.4. The number of rotatable bonds is 4. The molecule has 0 saturated carbocycles. The van der Waals surface area contributed by atoms with Crippen molar-refractivity contribution in [1.82, 2.24) is 0 Å². The summed E-state index contributed by atoms with van der Waals surface area (Å²) in [7, 11) is 1.38. The predicted octanol–water partition coefficient (Wildman–Crippen LogP) is 0.617. The van der Waals surface area contributed by atoms with E-state index < -0.39 is 12.5 Å². The maximum Gasteiger partial charge on any atom is 0.262 e. The van der Waals surface area contributed by atoms with Crippen LogP contribution < -0.4 is 5.73 Å². The van der Waals surface area contributed by atoms with Crippen LogP contribution in [0.5, 0.6) is 0 Å². The molecule has 0 aromatic heterocycles. The molecule has 0 saturated heterocycles. The summed E-state index contributed by atoms with van der Waals surface area (Å²) in [5, 5.41) is 0. The van der Waals surface area contributed by atoms with Gasteiger partial charge in [-0.25, -0.2) is 8.78 Å². The highest BCUT2D eigenvalue weighted by Crippen LogP contribution is 2.15. The molecule has 9 heavy (non-hydrogen) atoms. The fraction of sp³-hybridized carbons (Fsp3) is 1.00. The summed E-state index contributed by atoms with van der Waals surface area (Å²) in [5.41, 5.74) is 4.74. The largest absolute Gasteiger partial charge is 0.384 e. The Hall–Kier alpha value is -0.220. The molecule has 0 heterocycles. The lowest BCUT2D eigenvalue weighted by atomic mass is 10.2. The Balaban J connectivity index is 3.33. The first-order valence-corrected chi connectivity index (χ1v) is 2.69. The smallest absolute Gasteiger partial charge is 0.262 e. The van der Waals surface area contributed by atoms with Crippen molar-refractivity contribution in [2.24, 2.45) is 5.73 Å². The monoisotopic (exact) mass is 139 g/mol. The van der Waals surface area contributed by atoms with Crippen LogP contribution in [0.15, 0.2) is 0 Å². The minimum Gasteiger partial charge on any atom is -0.384 e. The van der Waals surface area contributed by atoms with E-state index in [-0.39, 0.29) is 13.0 Å². The fourth-order valence-corrected chi connectivity index (χ4v) is 0.353. The van der Waals surface area contributed by atoms with Gasteiger partial charge in [-0.05, 0) is 0 Å². The molecule has 0 radical (unpaired) electrons. The zero-order valence-electron chi connectivity index (χ0n) is 5.36. The van der Waals surface area contributed by atoms with Gasteiger partial charge in [0.05, 0.1) is 13.2 Å². The first-order chi connectivity index (χ1) is 4.12. The summed E-state index contributed by atoms with van der Waals surface area (Å²) in [6.07, 6.45) is -0.292. The third-order valence-electron chi connectivity index (χ3n) is 0.971. The molecule has 0 aromatic carbocycles. The topological polar surface area (TPSA) is 35.2 Å². The van der Waals surface area contributed by atoms with E-state index in [4.69, 9.17) is 5.73 Å². The van der Waals surface area contributed by atoms with Crippen LogP contribution >= 0.6 is 0 Å². The molecule has 2 N–H and O–H groups in total. The number of halogens is 2. The van der Waals surface area contributed by atoms with Gasteiger partial charge in [0.25, 0.3) is 5.92 Å². The Morgan fingerprint density at radius 3 is 2.44 bits per heavy atom. The highest BCUT2D eigenvalue weighted by atomic mass is 19.3. The van der Waals surface area contributed by atoms with E-state index in [1.807, 2.05) is 0 Å². The van der Waals surface area contributed by atoms with Gasteiger partial charge in [-0.15, -0.1) is 0 Å². The molecule has 0 spiro atoms. The van der Waals surface area contributed by atoms with Crippen LogP contribution in [0, 0.1) is 0 Å². The van der Waals surface area contributed by atoms with Gasteiger partial charge in [0, 0.05) is 13.5 Å². The van der Waals surface area contributed by atoms with Gasteiger partial charge in [-0.3, -0.25) is 0 Å². The standard InChI is InChI=1S/C5H11F2NO/c1-9-3-2-5(6,7)4-8/h2-4,8H2,1H3. The van der Waals surface area contributed by atoms with Crippen molar-refractivity contribution in [2.75, 3.05) is 20.3 Å². The van der Waals surface area contributed by atoms with Crippen molar-refractivity contribution in [3.63, 3.8) is 0 Å². The third-order valence-corrected chi connectivity index (χ3v) is 0.971. The van der Waals surface area contributed by atoms with Crippen molar-refractivity contribution in [3.8, 4) is 0 Å². The third kappa shape index (κ3) is 4.29. The van der Waals surface area contributed by atoms with E-state index in [1.165, 1.54) is 7.11 Å². The van der Waals surface area contributed by atoms with Gasteiger partial charge in [0.1, 0.15) is 0 Å².